The summed E-state index contributed by atoms with van der Waals surface area (Å²) < 4.78 is 13.9. The average Bonchev–Trinajstić information content (AvgIpc) is 3.83. The highest BCUT2D eigenvalue weighted by molar-refractivity contribution is 5.96. The molecule has 300 valence electrons. The molecule has 0 unspecified atom stereocenters. The molecule has 0 N–H and O–H groups in total. The molecule has 0 aromatic heterocycles. The van der Waals surface area contributed by atoms with E-state index in [-0.39, 0.29) is 0 Å². The highest BCUT2D eigenvalue weighted by atomic mass is 16.6. The van der Waals surface area contributed by atoms with E-state index >= 15 is 0 Å². The fourth-order valence-corrected chi connectivity index (χ4v) is 10.6. The summed E-state index contributed by atoms with van der Waals surface area (Å²) >= 11 is 0. The summed E-state index contributed by atoms with van der Waals surface area (Å²) in [6.07, 6.45) is 0. The fraction of sp³-hybridized carbons (Fsp3) is 0.0164. The molecule has 0 bridgehead atoms. The number of benzene rings is 10. The lowest BCUT2D eigenvalue weighted by Crippen LogP contribution is -2.25. The maximum absolute atomic E-state index is 7.04. The van der Waals surface area contributed by atoms with Crippen LogP contribution in [0, 0.1) is 0 Å². The lowest BCUT2D eigenvalue weighted by molar-refractivity contribution is 0.359. The van der Waals surface area contributed by atoms with Crippen molar-refractivity contribution in [2.75, 3.05) is 4.90 Å². The van der Waals surface area contributed by atoms with E-state index in [1.54, 1.807) is 0 Å². The molecule has 10 aromatic rings. The molecule has 0 saturated heterocycles. The second-order valence-corrected chi connectivity index (χ2v) is 16.7. The fourth-order valence-electron chi connectivity index (χ4n) is 10.6. The first-order valence-electron chi connectivity index (χ1n) is 21.9. The molecule has 0 fully saturated rings. The zero-order chi connectivity index (χ0) is 42.2. The predicted molar refractivity (Wildman–Crippen MR) is 260 cm³/mol. The van der Waals surface area contributed by atoms with Crippen LogP contribution >= 0.6 is 0 Å². The van der Waals surface area contributed by atoms with E-state index < -0.39 is 5.41 Å². The number of hydrogen-bond acceptors (Lipinski definition) is 3. The van der Waals surface area contributed by atoms with Crippen LogP contribution in [0.5, 0.6) is 23.0 Å². The molecule has 1 heterocycles. The number of para-hydroxylation sites is 1. The van der Waals surface area contributed by atoms with E-state index in [0.717, 1.165) is 33.8 Å². The normalized spacial score (nSPS) is 13.1. The molecule has 10 aromatic carbocycles. The Morgan fingerprint density at radius 1 is 0.266 bits per heavy atom. The largest absolute Gasteiger partial charge is 0.449 e. The van der Waals surface area contributed by atoms with Crippen LogP contribution in [0.3, 0.4) is 0 Å². The quantitative estimate of drug-likeness (QED) is 0.167. The molecule has 1 aliphatic heterocycles. The lowest BCUT2D eigenvalue weighted by Gasteiger charge is -2.32. The van der Waals surface area contributed by atoms with Crippen molar-refractivity contribution in [2.45, 2.75) is 5.41 Å². The Balaban J connectivity index is 0.939. The monoisotopic (exact) mass is 817 g/mol. The summed E-state index contributed by atoms with van der Waals surface area (Å²) in [5, 5.41) is 0. The third-order valence-corrected chi connectivity index (χ3v) is 13.4. The third-order valence-electron chi connectivity index (χ3n) is 13.4. The van der Waals surface area contributed by atoms with Crippen molar-refractivity contribution in [1.29, 1.82) is 0 Å². The van der Waals surface area contributed by atoms with Gasteiger partial charge in [0, 0.05) is 17.3 Å². The van der Waals surface area contributed by atoms with Crippen molar-refractivity contribution >= 4 is 17.1 Å². The Morgan fingerprint density at radius 2 is 0.688 bits per heavy atom. The summed E-state index contributed by atoms with van der Waals surface area (Å²) in [5.41, 5.74) is 19.6. The summed E-state index contributed by atoms with van der Waals surface area (Å²) in [4.78, 5) is 2.33. The summed E-state index contributed by atoms with van der Waals surface area (Å²) in [5.74, 6) is 2.76. The van der Waals surface area contributed by atoms with Crippen LogP contribution in [0.2, 0.25) is 0 Å². The highest BCUT2D eigenvalue weighted by Gasteiger charge is 2.52. The smallest absolute Gasteiger partial charge is 0.172 e. The van der Waals surface area contributed by atoms with E-state index in [2.05, 4.69) is 235 Å². The topological polar surface area (TPSA) is 21.7 Å². The third kappa shape index (κ3) is 5.41. The van der Waals surface area contributed by atoms with Crippen molar-refractivity contribution in [1.82, 2.24) is 0 Å². The maximum atomic E-state index is 7.04. The van der Waals surface area contributed by atoms with Gasteiger partial charge in [-0.3, -0.25) is 0 Å². The molecule has 13 rings (SSSR count). The highest BCUT2D eigenvalue weighted by Crippen LogP contribution is 2.64. The number of hydrogen-bond donors (Lipinski definition) is 0. The summed E-state index contributed by atoms with van der Waals surface area (Å²) in [6, 6.07) is 84.7. The Morgan fingerprint density at radius 3 is 1.30 bits per heavy atom. The zero-order valence-corrected chi connectivity index (χ0v) is 34.8. The Bertz CT molecular complexity index is 3400. The Hall–Kier alpha value is -8.40. The number of nitrogens with zero attached hydrogens (tertiary/aromatic N) is 1. The van der Waals surface area contributed by atoms with Crippen LogP contribution in [-0.4, -0.2) is 0 Å². The molecular weight excluding hydrogens is 779 g/mol. The van der Waals surface area contributed by atoms with Gasteiger partial charge in [-0.05, 0) is 115 Å². The zero-order valence-electron chi connectivity index (χ0n) is 34.8. The van der Waals surface area contributed by atoms with Crippen molar-refractivity contribution in [3.05, 3.63) is 259 Å². The van der Waals surface area contributed by atoms with Gasteiger partial charge < -0.3 is 14.4 Å². The Labute approximate surface area is 372 Å². The average molecular weight is 818 g/mol. The van der Waals surface area contributed by atoms with Gasteiger partial charge in [0.1, 0.15) is 0 Å². The van der Waals surface area contributed by atoms with Crippen molar-refractivity contribution in [3.63, 3.8) is 0 Å². The molecule has 1 spiro atoms. The van der Waals surface area contributed by atoms with Gasteiger partial charge in [0.25, 0.3) is 0 Å². The van der Waals surface area contributed by atoms with Gasteiger partial charge in [-0.1, -0.05) is 188 Å². The molecule has 0 amide bonds. The van der Waals surface area contributed by atoms with E-state index in [1.807, 2.05) is 6.07 Å². The van der Waals surface area contributed by atoms with E-state index in [1.165, 1.54) is 61.2 Å². The number of fused-ring (bicyclic) bond motifs is 12. The van der Waals surface area contributed by atoms with Crippen LogP contribution < -0.4 is 14.4 Å². The van der Waals surface area contributed by atoms with Gasteiger partial charge in [-0.25, -0.2) is 0 Å². The van der Waals surface area contributed by atoms with Gasteiger partial charge in [-0.2, -0.15) is 0 Å². The van der Waals surface area contributed by atoms with Gasteiger partial charge in [0.2, 0.25) is 0 Å². The standard InChI is InChI=1S/C61H39NO2/c1-3-17-40(18-4-1)45-21-7-8-22-46(45)42-31-33-43(34-32-42)62(56-30-16-12-23-47(56)41-19-5-2-6-20-41)44-35-36-57-58(37-44)64-60-39-55-51(38-59(60)63-57)50-26-11-15-29-54(50)61(55)52-27-13-9-24-48(52)49-25-10-14-28-53(49)61/h1-39H. The molecular formula is C61H39NO2. The minimum Gasteiger partial charge on any atom is -0.449 e. The molecule has 3 nitrogen and oxygen atoms in total. The molecule has 0 saturated carbocycles. The predicted octanol–water partition coefficient (Wildman–Crippen LogP) is 16.4. The molecule has 64 heavy (non-hydrogen) atoms. The summed E-state index contributed by atoms with van der Waals surface area (Å²) in [6.45, 7) is 0. The Kier molecular flexibility index (Phi) is 8.13. The van der Waals surface area contributed by atoms with Gasteiger partial charge in [0.05, 0.1) is 16.8 Å². The second kappa shape index (κ2) is 14.3. The van der Waals surface area contributed by atoms with Gasteiger partial charge >= 0.3 is 0 Å². The number of anilines is 3. The van der Waals surface area contributed by atoms with Crippen LogP contribution in [0.1, 0.15) is 22.3 Å². The SMILES string of the molecule is c1ccc(-c2ccccc2-c2ccc(N(c3ccc4c(c3)Oc3cc5c(cc3O4)-c3ccccc3C53c4ccccc4-c4ccccc43)c3ccccc3-c3ccccc3)cc2)cc1. The van der Waals surface area contributed by atoms with Gasteiger partial charge in [-0.15, -0.1) is 0 Å². The van der Waals surface area contributed by atoms with Crippen LogP contribution in [0.25, 0.3) is 55.6 Å². The molecule has 3 aliphatic rings. The van der Waals surface area contributed by atoms with Gasteiger partial charge in [0.15, 0.2) is 23.0 Å². The van der Waals surface area contributed by atoms with E-state index in [0.29, 0.717) is 23.0 Å². The molecule has 2 aliphatic carbocycles. The number of rotatable bonds is 6. The van der Waals surface area contributed by atoms with Crippen molar-refractivity contribution < 1.29 is 9.47 Å². The molecule has 0 atom stereocenters. The van der Waals surface area contributed by atoms with Crippen LogP contribution in [0.15, 0.2) is 237 Å². The first kappa shape index (κ1) is 36.3. The van der Waals surface area contributed by atoms with E-state index in [4.69, 9.17) is 9.47 Å². The van der Waals surface area contributed by atoms with Crippen molar-refractivity contribution in [3.8, 4) is 78.6 Å². The van der Waals surface area contributed by atoms with Crippen LogP contribution in [0.4, 0.5) is 17.1 Å². The molecule has 3 heteroatoms. The minimum absolute atomic E-state index is 0.481. The first-order chi connectivity index (χ1) is 31.7. The second-order valence-electron chi connectivity index (χ2n) is 16.7. The summed E-state index contributed by atoms with van der Waals surface area (Å²) in [7, 11) is 0. The van der Waals surface area contributed by atoms with Crippen molar-refractivity contribution in [2.24, 2.45) is 0 Å². The van der Waals surface area contributed by atoms with E-state index in [9.17, 15) is 0 Å². The maximum Gasteiger partial charge on any atom is 0.172 e. The molecule has 0 radical (unpaired) electrons. The first-order valence-corrected chi connectivity index (χ1v) is 21.9. The van der Waals surface area contributed by atoms with Crippen LogP contribution in [-0.2, 0) is 5.41 Å². The number of ether oxygens (including phenoxy) is 2. The lowest BCUT2D eigenvalue weighted by atomic mass is 9.70. The minimum atomic E-state index is -0.481.